The second-order valence-corrected chi connectivity index (χ2v) is 5.71. The number of halogens is 1. The van der Waals surface area contributed by atoms with Gasteiger partial charge in [0.1, 0.15) is 11.6 Å². The molecule has 1 saturated heterocycles. The number of carbonyl (C=O) groups is 1. The van der Waals surface area contributed by atoms with E-state index in [9.17, 15) is 9.18 Å². The average Bonchev–Trinajstić information content (AvgIpc) is 2.52. The number of hydrogen-bond acceptors (Lipinski definition) is 4. The molecule has 1 aromatic carbocycles. The molecule has 0 aromatic heterocycles. The molecule has 0 unspecified atom stereocenters. The molecule has 2 N–H and O–H groups in total. The SMILES string of the molecule is COCC1(CNC(=O)COc2cccc(F)c2)CCNCC1. The summed E-state index contributed by atoms with van der Waals surface area (Å²) < 4.78 is 23.6. The van der Waals surface area contributed by atoms with Crippen molar-refractivity contribution in [3.63, 3.8) is 0 Å². The molecular formula is C16H23FN2O3. The van der Waals surface area contributed by atoms with E-state index < -0.39 is 0 Å². The summed E-state index contributed by atoms with van der Waals surface area (Å²) in [5.41, 5.74) is -0.0193. The van der Waals surface area contributed by atoms with Gasteiger partial charge in [-0.25, -0.2) is 4.39 Å². The van der Waals surface area contributed by atoms with Gasteiger partial charge in [-0.1, -0.05) is 6.07 Å². The highest BCUT2D eigenvalue weighted by Gasteiger charge is 2.32. The summed E-state index contributed by atoms with van der Waals surface area (Å²) in [6.45, 7) is 2.93. The third-order valence-corrected chi connectivity index (χ3v) is 3.94. The fourth-order valence-corrected chi connectivity index (χ4v) is 2.68. The Kier molecular flexibility index (Phi) is 6.15. The molecule has 0 atom stereocenters. The third kappa shape index (κ3) is 4.96. The average molecular weight is 310 g/mol. The molecule has 122 valence electrons. The van der Waals surface area contributed by atoms with Crippen molar-refractivity contribution in [2.24, 2.45) is 5.41 Å². The number of nitrogens with one attached hydrogen (secondary N) is 2. The van der Waals surface area contributed by atoms with Gasteiger partial charge in [-0.05, 0) is 38.1 Å². The molecule has 5 nitrogen and oxygen atoms in total. The minimum absolute atomic E-state index is 0.0193. The Bertz CT molecular complexity index is 485. The Morgan fingerprint density at radius 2 is 2.18 bits per heavy atom. The molecule has 0 bridgehead atoms. The predicted octanol–water partition coefficient (Wildman–Crippen LogP) is 1.34. The summed E-state index contributed by atoms with van der Waals surface area (Å²) in [4.78, 5) is 11.9. The quantitative estimate of drug-likeness (QED) is 0.798. The molecule has 0 radical (unpaired) electrons. The van der Waals surface area contributed by atoms with Crippen LogP contribution in [-0.2, 0) is 9.53 Å². The van der Waals surface area contributed by atoms with E-state index in [1.165, 1.54) is 12.1 Å². The summed E-state index contributed by atoms with van der Waals surface area (Å²) in [7, 11) is 1.68. The summed E-state index contributed by atoms with van der Waals surface area (Å²) in [6, 6.07) is 5.76. The molecule has 1 heterocycles. The van der Waals surface area contributed by atoms with Crippen LogP contribution in [0.1, 0.15) is 12.8 Å². The molecule has 2 rings (SSSR count). The van der Waals surface area contributed by atoms with E-state index in [-0.39, 0.29) is 23.7 Å². The highest BCUT2D eigenvalue weighted by molar-refractivity contribution is 5.77. The molecule has 1 aliphatic rings. The highest BCUT2D eigenvalue weighted by Crippen LogP contribution is 2.28. The van der Waals surface area contributed by atoms with Crippen LogP contribution in [0.15, 0.2) is 24.3 Å². The molecule has 1 aliphatic heterocycles. The minimum Gasteiger partial charge on any atom is -0.484 e. The van der Waals surface area contributed by atoms with Crippen LogP contribution < -0.4 is 15.4 Å². The van der Waals surface area contributed by atoms with Crippen LogP contribution in [0.2, 0.25) is 0 Å². The third-order valence-electron chi connectivity index (χ3n) is 3.94. The molecule has 0 saturated carbocycles. The standard InChI is InChI=1S/C16H23FN2O3/c1-21-12-16(5-7-18-8-6-16)11-19-15(20)10-22-14-4-2-3-13(17)9-14/h2-4,9,18H,5-8,10-12H2,1H3,(H,19,20). The zero-order valence-electron chi connectivity index (χ0n) is 12.9. The van der Waals surface area contributed by atoms with Crippen molar-refractivity contribution in [3.8, 4) is 5.75 Å². The van der Waals surface area contributed by atoms with E-state index in [4.69, 9.17) is 9.47 Å². The van der Waals surface area contributed by atoms with Crippen molar-refractivity contribution in [1.82, 2.24) is 10.6 Å². The first-order valence-electron chi connectivity index (χ1n) is 7.48. The normalized spacial score (nSPS) is 17.0. The topological polar surface area (TPSA) is 59.6 Å². The van der Waals surface area contributed by atoms with E-state index in [2.05, 4.69) is 10.6 Å². The molecular weight excluding hydrogens is 287 g/mol. The summed E-state index contributed by atoms with van der Waals surface area (Å²) in [6.07, 6.45) is 1.93. The Labute approximate surface area is 130 Å². The molecule has 1 fully saturated rings. The maximum Gasteiger partial charge on any atom is 0.257 e. The molecule has 6 heteroatoms. The molecule has 0 spiro atoms. The van der Waals surface area contributed by atoms with Gasteiger partial charge in [-0.15, -0.1) is 0 Å². The molecule has 1 aromatic rings. The summed E-state index contributed by atoms with van der Waals surface area (Å²) in [5.74, 6) is -0.242. The van der Waals surface area contributed by atoms with Crippen LogP contribution in [0.3, 0.4) is 0 Å². The number of hydrogen-bond donors (Lipinski definition) is 2. The van der Waals surface area contributed by atoms with E-state index >= 15 is 0 Å². The Balaban J connectivity index is 1.78. The number of ether oxygens (including phenoxy) is 2. The first-order chi connectivity index (χ1) is 10.6. The van der Waals surface area contributed by atoms with Gasteiger partial charge in [0.15, 0.2) is 6.61 Å². The van der Waals surface area contributed by atoms with Crippen molar-refractivity contribution in [3.05, 3.63) is 30.1 Å². The number of benzene rings is 1. The largest absolute Gasteiger partial charge is 0.484 e. The zero-order valence-corrected chi connectivity index (χ0v) is 12.9. The van der Waals surface area contributed by atoms with Crippen LogP contribution >= 0.6 is 0 Å². The maximum atomic E-state index is 13.0. The van der Waals surface area contributed by atoms with Crippen molar-refractivity contribution < 1.29 is 18.7 Å². The lowest BCUT2D eigenvalue weighted by molar-refractivity contribution is -0.124. The van der Waals surface area contributed by atoms with Crippen LogP contribution in [-0.4, -0.2) is 45.9 Å². The van der Waals surface area contributed by atoms with Crippen molar-refractivity contribution in [2.75, 3.05) is 40.0 Å². The number of piperidine rings is 1. The van der Waals surface area contributed by atoms with E-state index in [0.717, 1.165) is 25.9 Å². The Morgan fingerprint density at radius 1 is 1.41 bits per heavy atom. The van der Waals surface area contributed by atoms with Crippen molar-refractivity contribution >= 4 is 5.91 Å². The zero-order chi connectivity index (χ0) is 15.8. The van der Waals surface area contributed by atoms with Crippen molar-refractivity contribution in [1.29, 1.82) is 0 Å². The smallest absolute Gasteiger partial charge is 0.257 e. The second-order valence-electron chi connectivity index (χ2n) is 5.71. The van der Waals surface area contributed by atoms with Gasteiger partial charge < -0.3 is 20.1 Å². The Hall–Kier alpha value is -1.66. The van der Waals surface area contributed by atoms with E-state index in [1.54, 1.807) is 19.2 Å². The second kappa shape index (κ2) is 8.10. The van der Waals surface area contributed by atoms with E-state index in [1.807, 2.05) is 0 Å². The van der Waals surface area contributed by atoms with Crippen LogP contribution in [0.25, 0.3) is 0 Å². The van der Waals surface area contributed by atoms with Crippen molar-refractivity contribution in [2.45, 2.75) is 12.8 Å². The van der Waals surface area contributed by atoms with Gasteiger partial charge in [0.2, 0.25) is 0 Å². The predicted molar refractivity (Wildman–Crippen MR) is 81.3 cm³/mol. The first-order valence-corrected chi connectivity index (χ1v) is 7.48. The summed E-state index contributed by atoms with van der Waals surface area (Å²) >= 11 is 0. The van der Waals surface area contributed by atoms with Crippen LogP contribution in [0.5, 0.6) is 5.75 Å². The first kappa shape index (κ1) is 16.7. The minimum atomic E-state index is -0.383. The van der Waals surface area contributed by atoms with Gasteiger partial charge in [0, 0.05) is 25.1 Å². The highest BCUT2D eigenvalue weighted by atomic mass is 19.1. The fourth-order valence-electron chi connectivity index (χ4n) is 2.68. The number of carbonyl (C=O) groups excluding carboxylic acids is 1. The van der Waals surface area contributed by atoms with Crippen LogP contribution in [0.4, 0.5) is 4.39 Å². The van der Waals surface area contributed by atoms with Gasteiger partial charge >= 0.3 is 0 Å². The molecule has 0 aliphatic carbocycles. The lowest BCUT2D eigenvalue weighted by atomic mass is 9.79. The monoisotopic (exact) mass is 310 g/mol. The number of rotatable bonds is 7. The molecule has 1 amide bonds. The fraction of sp³-hybridized carbons (Fsp3) is 0.562. The lowest BCUT2D eigenvalue weighted by Crippen LogP contribution is -2.47. The maximum absolute atomic E-state index is 13.0. The van der Waals surface area contributed by atoms with Gasteiger partial charge in [0.05, 0.1) is 6.61 Å². The number of methoxy groups -OCH3 is 1. The lowest BCUT2D eigenvalue weighted by Gasteiger charge is -2.37. The van der Waals surface area contributed by atoms with Gasteiger partial charge in [-0.2, -0.15) is 0 Å². The number of amides is 1. The van der Waals surface area contributed by atoms with E-state index in [0.29, 0.717) is 18.9 Å². The molecule has 22 heavy (non-hydrogen) atoms. The van der Waals surface area contributed by atoms with Crippen LogP contribution in [0, 0.1) is 11.2 Å². The summed E-state index contributed by atoms with van der Waals surface area (Å²) in [5, 5.41) is 6.21. The van der Waals surface area contributed by atoms with Gasteiger partial charge in [-0.3, -0.25) is 4.79 Å². The Morgan fingerprint density at radius 3 is 2.86 bits per heavy atom. The van der Waals surface area contributed by atoms with Gasteiger partial charge in [0.25, 0.3) is 5.91 Å².